The van der Waals surface area contributed by atoms with Crippen LogP contribution in [0.2, 0.25) is 0 Å². The highest BCUT2D eigenvalue weighted by Gasteiger charge is 2.26. The average molecular weight is 392 g/mol. The number of ether oxygens (including phenoxy) is 2. The lowest BCUT2D eigenvalue weighted by Gasteiger charge is -2.16. The monoisotopic (exact) mass is 392 g/mol. The van der Waals surface area contributed by atoms with E-state index >= 15 is 0 Å². The summed E-state index contributed by atoms with van der Waals surface area (Å²) in [6.45, 7) is 1.56. The van der Waals surface area contributed by atoms with Crippen molar-refractivity contribution in [1.82, 2.24) is 15.5 Å². The highest BCUT2D eigenvalue weighted by molar-refractivity contribution is 5.95. The van der Waals surface area contributed by atoms with Crippen LogP contribution in [0.4, 0.5) is 5.82 Å². The van der Waals surface area contributed by atoms with E-state index < -0.39 is 0 Å². The Labute approximate surface area is 169 Å². The van der Waals surface area contributed by atoms with Crippen LogP contribution in [0.15, 0.2) is 54.6 Å². The molecule has 1 aromatic heterocycles. The molecule has 1 aliphatic rings. The summed E-state index contributed by atoms with van der Waals surface area (Å²) in [6.07, 6.45) is 0.868. The number of hydrogen-bond acceptors (Lipinski definition) is 5. The lowest BCUT2D eigenvalue weighted by Crippen LogP contribution is -2.37. The molecule has 2 aromatic carbocycles. The number of carbonyl (C=O) groups is 1. The van der Waals surface area contributed by atoms with Crippen LogP contribution < -0.4 is 19.7 Å². The van der Waals surface area contributed by atoms with Crippen molar-refractivity contribution in [3.63, 3.8) is 0 Å². The summed E-state index contributed by atoms with van der Waals surface area (Å²) in [7, 11) is 3.13. The molecule has 1 saturated heterocycles. The number of anilines is 1. The van der Waals surface area contributed by atoms with E-state index in [0.717, 1.165) is 36.6 Å². The fraction of sp³-hybridized carbons (Fsp3) is 0.273. The van der Waals surface area contributed by atoms with Crippen LogP contribution in [0.1, 0.15) is 16.8 Å². The van der Waals surface area contributed by atoms with Crippen molar-refractivity contribution >= 4 is 11.7 Å². The summed E-state index contributed by atoms with van der Waals surface area (Å²) in [5.74, 6) is 1.92. The zero-order valence-electron chi connectivity index (χ0n) is 16.5. The lowest BCUT2D eigenvalue weighted by atomic mass is 10.1. The van der Waals surface area contributed by atoms with Gasteiger partial charge in [0.15, 0.2) is 17.3 Å². The average Bonchev–Trinajstić information content (AvgIpc) is 3.43. The van der Waals surface area contributed by atoms with Crippen LogP contribution in [-0.2, 0) is 0 Å². The Morgan fingerprint density at radius 2 is 1.90 bits per heavy atom. The first-order valence-corrected chi connectivity index (χ1v) is 9.56. The highest BCUT2D eigenvalue weighted by atomic mass is 16.5. The molecule has 1 atom stereocenters. The SMILES string of the molecule is COc1ccc(C(=O)NC2CCN(c3cc(-c4ccccc4)[nH]n3)C2)cc1OC. The third-order valence-corrected chi connectivity index (χ3v) is 5.14. The Morgan fingerprint density at radius 3 is 2.66 bits per heavy atom. The van der Waals surface area contributed by atoms with Gasteiger partial charge in [-0.15, -0.1) is 0 Å². The largest absolute Gasteiger partial charge is 0.493 e. The van der Waals surface area contributed by atoms with E-state index in [-0.39, 0.29) is 11.9 Å². The Kier molecular flexibility index (Phi) is 5.37. The standard InChI is InChI=1S/C22H24N4O3/c1-28-19-9-8-16(12-20(19)29-2)22(27)23-17-10-11-26(14-17)21-13-18(24-25-21)15-6-4-3-5-7-15/h3-9,12-13,17H,10-11,14H2,1-2H3,(H,23,27)(H,24,25). The van der Waals surface area contributed by atoms with Crippen LogP contribution in [-0.4, -0.2) is 49.5 Å². The molecule has 0 bridgehead atoms. The molecule has 1 unspecified atom stereocenters. The minimum absolute atomic E-state index is 0.0625. The maximum atomic E-state index is 12.7. The number of methoxy groups -OCH3 is 2. The summed E-state index contributed by atoms with van der Waals surface area (Å²) in [6, 6.07) is 17.4. The molecule has 3 aromatic rings. The van der Waals surface area contributed by atoms with Crippen molar-refractivity contribution in [2.75, 3.05) is 32.2 Å². The van der Waals surface area contributed by atoms with Gasteiger partial charge in [0, 0.05) is 30.8 Å². The smallest absolute Gasteiger partial charge is 0.251 e. The van der Waals surface area contributed by atoms with Crippen LogP contribution in [0.25, 0.3) is 11.3 Å². The Bertz CT molecular complexity index is 987. The quantitative estimate of drug-likeness (QED) is 0.674. The van der Waals surface area contributed by atoms with Gasteiger partial charge < -0.3 is 19.7 Å². The Balaban J connectivity index is 1.39. The summed E-state index contributed by atoms with van der Waals surface area (Å²) in [5.41, 5.74) is 2.63. The van der Waals surface area contributed by atoms with E-state index in [9.17, 15) is 4.79 Å². The molecule has 1 fully saturated rings. The summed E-state index contributed by atoms with van der Waals surface area (Å²) >= 11 is 0. The Hall–Kier alpha value is -3.48. The molecule has 4 rings (SSSR count). The number of nitrogens with zero attached hydrogens (tertiary/aromatic N) is 2. The Morgan fingerprint density at radius 1 is 1.10 bits per heavy atom. The molecular weight excluding hydrogens is 368 g/mol. The number of nitrogens with one attached hydrogen (secondary N) is 2. The molecule has 29 heavy (non-hydrogen) atoms. The molecular formula is C22H24N4O3. The molecule has 150 valence electrons. The van der Waals surface area contributed by atoms with E-state index in [4.69, 9.17) is 9.47 Å². The number of carbonyl (C=O) groups excluding carboxylic acids is 1. The molecule has 1 amide bonds. The van der Waals surface area contributed by atoms with Gasteiger partial charge >= 0.3 is 0 Å². The number of hydrogen-bond donors (Lipinski definition) is 2. The first kappa shape index (κ1) is 18.9. The molecule has 2 N–H and O–H groups in total. The van der Waals surface area contributed by atoms with Gasteiger partial charge in [-0.2, -0.15) is 5.10 Å². The van der Waals surface area contributed by atoms with E-state index in [2.05, 4.69) is 20.4 Å². The number of aromatic nitrogens is 2. The molecule has 7 heteroatoms. The first-order chi connectivity index (χ1) is 14.2. The number of amides is 1. The molecule has 0 saturated carbocycles. The third kappa shape index (κ3) is 4.03. The normalized spacial score (nSPS) is 15.9. The van der Waals surface area contributed by atoms with Gasteiger partial charge in [0.05, 0.1) is 19.9 Å². The number of H-pyrrole nitrogens is 1. The second-order valence-electron chi connectivity index (χ2n) is 6.98. The van der Waals surface area contributed by atoms with Gasteiger partial charge in [0.1, 0.15) is 0 Å². The minimum Gasteiger partial charge on any atom is -0.493 e. The van der Waals surface area contributed by atoms with Crippen LogP contribution >= 0.6 is 0 Å². The van der Waals surface area contributed by atoms with Crippen molar-refractivity contribution in [2.45, 2.75) is 12.5 Å². The van der Waals surface area contributed by atoms with Crippen LogP contribution in [0.5, 0.6) is 11.5 Å². The summed E-state index contributed by atoms with van der Waals surface area (Å²) in [5, 5.41) is 10.7. The zero-order valence-corrected chi connectivity index (χ0v) is 16.5. The van der Waals surface area contributed by atoms with Gasteiger partial charge in [0.25, 0.3) is 5.91 Å². The van der Waals surface area contributed by atoms with E-state index in [0.29, 0.717) is 17.1 Å². The van der Waals surface area contributed by atoms with Crippen LogP contribution in [0.3, 0.4) is 0 Å². The van der Waals surface area contributed by atoms with E-state index in [1.54, 1.807) is 32.4 Å². The molecule has 1 aliphatic heterocycles. The lowest BCUT2D eigenvalue weighted by molar-refractivity contribution is 0.0940. The second-order valence-corrected chi connectivity index (χ2v) is 6.98. The fourth-order valence-corrected chi connectivity index (χ4v) is 3.57. The molecule has 2 heterocycles. The van der Waals surface area contributed by atoms with Gasteiger partial charge in [-0.1, -0.05) is 30.3 Å². The molecule has 0 radical (unpaired) electrons. The number of rotatable bonds is 6. The van der Waals surface area contributed by atoms with Crippen molar-refractivity contribution < 1.29 is 14.3 Å². The van der Waals surface area contributed by atoms with E-state index in [1.165, 1.54) is 0 Å². The van der Waals surface area contributed by atoms with Crippen molar-refractivity contribution in [3.8, 4) is 22.8 Å². The maximum Gasteiger partial charge on any atom is 0.251 e. The van der Waals surface area contributed by atoms with Gasteiger partial charge in [0.2, 0.25) is 0 Å². The highest BCUT2D eigenvalue weighted by Crippen LogP contribution is 2.28. The van der Waals surface area contributed by atoms with Gasteiger partial charge in [-0.3, -0.25) is 9.89 Å². The maximum absolute atomic E-state index is 12.7. The van der Waals surface area contributed by atoms with Gasteiger partial charge in [-0.25, -0.2) is 0 Å². The molecule has 7 nitrogen and oxygen atoms in total. The predicted molar refractivity (Wildman–Crippen MR) is 112 cm³/mol. The minimum atomic E-state index is -0.121. The first-order valence-electron chi connectivity index (χ1n) is 9.56. The zero-order chi connectivity index (χ0) is 20.2. The van der Waals surface area contributed by atoms with Crippen molar-refractivity contribution in [2.24, 2.45) is 0 Å². The van der Waals surface area contributed by atoms with Crippen molar-refractivity contribution in [1.29, 1.82) is 0 Å². The third-order valence-electron chi connectivity index (χ3n) is 5.14. The predicted octanol–water partition coefficient (Wildman–Crippen LogP) is 3.10. The second kappa shape index (κ2) is 8.26. The molecule has 0 aliphatic carbocycles. The number of benzene rings is 2. The van der Waals surface area contributed by atoms with E-state index in [1.807, 2.05) is 36.4 Å². The van der Waals surface area contributed by atoms with Gasteiger partial charge in [-0.05, 0) is 30.2 Å². The summed E-state index contributed by atoms with van der Waals surface area (Å²) in [4.78, 5) is 14.8. The molecule has 0 spiro atoms. The number of aromatic amines is 1. The van der Waals surface area contributed by atoms with Crippen molar-refractivity contribution in [3.05, 3.63) is 60.2 Å². The topological polar surface area (TPSA) is 79.5 Å². The van der Waals surface area contributed by atoms with Crippen LogP contribution in [0, 0.1) is 0 Å². The summed E-state index contributed by atoms with van der Waals surface area (Å²) < 4.78 is 10.5. The fourth-order valence-electron chi connectivity index (χ4n) is 3.57.